The topological polar surface area (TPSA) is 79.8 Å². The van der Waals surface area contributed by atoms with Gasteiger partial charge in [-0.1, -0.05) is 37.2 Å². The molecule has 176 valence electrons. The molecule has 0 N–H and O–H groups in total. The van der Waals surface area contributed by atoms with Gasteiger partial charge < -0.3 is 14.5 Å². The summed E-state index contributed by atoms with van der Waals surface area (Å²) in [5.41, 5.74) is 1.18. The number of anilines is 1. The molecule has 0 atom stereocenters. The van der Waals surface area contributed by atoms with Crippen molar-refractivity contribution in [2.75, 3.05) is 43.9 Å². The van der Waals surface area contributed by atoms with E-state index in [1.807, 2.05) is 35.2 Å². The predicted molar refractivity (Wildman–Crippen MR) is 132 cm³/mol. The van der Waals surface area contributed by atoms with Crippen LogP contribution in [0.4, 0.5) is 5.13 Å². The Labute approximate surface area is 198 Å². The van der Waals surface area contributed by atoms with Crippen LogP contribution in [0.25, 0.3) is 10.2 Å². The normalized spacial score (nSPS) is 14.6. The van der Waals surface area contributed by atoms with Crippen LogP contribution in [0, 0.1) is 0 Å². The quantitative estimate of drug-likeness (QED) is 0.443. The molecule has 7 nitrogen and oxygen atoms in total. The minimum atomic E-state index is -3.34. The first-order chi connectivity index (χ1) is 15.9. The molecule has 1 aliphatic rings. The number of unbranched alkanes of at least 4 members (excludes halogenated alkanes) is 2. The third-order valence-electron chi connectivity index (χ3n) is 5.73. The highest BCUT2D eigenvalue weighted by Crippen LogP contribution is 2.33. The van der Waals surface area contributed by atoms with E-state index in [0.717, 1.165) is 34.8 Å². The zero-order valence-electron chi connectivity index (χ0n) is 19.0. The molecule has 0 bridgehead atoms. The molecule has 33 heavy (non-hydrogen) atoms. The molecule has 0 saturated carbocycles. The van der Waals surface area contributed by atoms with Crippen LogP contribution in [-0.4, -0.2) is 63.3 Å². The van der Waals surface area contributed by atoms with Crippen LogP contribution in [0.3, 0.4) is 0 Å². The first-order valence-electron chi connectivity index (χ1n) is 11.2. The molecule has 1 saturated heterocycles. The second-order valence-corrected chi connectivity index (χ2v) is 11.2. The van der Waals surface area contributed by atoms with Gasteiger partial charge in [-0.15, -0.1) is 0 Å². The van der Waals surface area contributed by atoms with Crippen molar-refractivity contribution in [2.45, 2.75) is 31.1 Å². The first kappa shape index (κ1) is 23.5. The summed E-state index contributed by atoms with van der Waals surface area (Å²) < 4.78 is 30.7. The van der Waals surface area contributed by atoms with Crippen LogP contribution in [-0.2, 0) is 9.84 Å². The van der Waals surface area contributed by atoms with Crippen molar-refractivity contribution in [3.8, 4) is 5.75 Å². The highest BCUT2D eigenvalue weighted by molar-refractivity contribution is 7.91. The van der Waals surface area contributed by atoms with Crippen molar-refractivity contribution < 1.29 is 17.9 Å². The van der Waals surface area contributed by atoms with E-state index in [1.165, 1.54) is 17.6 Å². The average Bonchev–Trinajstić information content (AvgIpc) is 3.26. The van der Waals surface area contributed by atoms with Crippen molar-refractivity contribution >= 4 is 42.4 Å². The van der Waals surface area contributed by atoms with Gasteiger partial charge in [-0.3, -0.25) is 4.79 Å². The Bertz CT molecular complexity index is 1210. The number of hydrogen-bond donors (Lipinski definition) is 0. The Balaban J connectivity index is 1.37. The number of sulfone groups is 1. The Morgan fingerprint density at radius 2 is 1.79 bits per heavy atom. The van der Waals surface area contributed by atoms with Gasteiger partial charge in [0.1, 0.15) is 11.3 Å². The van der Waals surface area contributed by atoms with E-state index in [2.05, 4.69) is 16.8 Å². The van der Waals surface area contributed by atoms with E-state index >= 15 is 0 Å². The lowest BCUT2D eigenvalue weighted by Crippen LogP contribution is -2.48. The Morgan fingerprint density at radius 1 is 1.06 bits per heavy atom. The van der Waals surface area contributed by atoms with Gasteiger partial charge in [0.25, 0.3) is 5.91 Å². The molecular weight excluding hydrogens is 458 g/mol. The number of thiazole rings is 1. The monoisotopic (exact) mass is 487 g/mol. The van der Waals surface area contributed by atoms with Crippen molar-refractivity contribution in [3.05, 3.63) is 48.0 Å². The smallest absolute Gasteiger partial charge is 0.253 e. The number of para-hydroxylation sites is 1. The number of nitrogens with zero attached hydrogens (tertiary/aromatic N) is 3. The minimum absolute atomic E-state index is 0.0100. The van der Waals surface area contributed by atoms with Crippen LogP contribution in [0.2, 0.25) is 0 Å². The highest BCUT2D eigenvalue weighted by Gasteiger charge is 2.25. The van der Waals surface area contributed by atoms with Gasteiger partial charge in [0, 0.05) is 38.0 Å². The van der Waals surface area contributed by atoms with Gasteiger partial charge in [0.15, 0.2) is 15.0 Å². The summed E-state index contributed by atoms with van der Waals surface area (Å²) in [5, 5.41) is 0.790. The fraction of sp³-hybridized carbons (Fsp3) is 0.417. The molecule has 9 heteroatoms. The average molecular weight is 488 g/mol. The standard InChI is InChI=1S/C24H29N3O4S2/c1-3-4-5-17-31-19-11-9-18(10-12-19)23(28)26-13-15-27(16-14-26)24-25-22-20(32-24)7-6-8-21(22)33(2,29)30/h6-12H,3-5,13-17H2,1-2H3. The van der Waals surface area contributed by atoms with Crippen molar-refractivity contribution in [2.24, 2.45) is 0 Å². The largest absolute Gasteiger partial charge is 0.494 e. The Hall–Kier alpha value is -2.65. The molecule has 0 unspecified atom stereocenters. The molecule has 0 spiro atoms. The lowest BCUT2D eigenvalue weighted by Gasteiger charge is -2.34. The van der Waals surface area contributed by atoms with Gasteiger partial charge in [0.2, 0.25) is 0 Å². The lowest BCUT2D eigenvalue weighted by molar-refractivity contribution is 0.0746. The van der Waals surface area contributed by atoms with Crippen LogP contribution >= 0.6 is 11.3 Å². The molecule has 1 aromatic heterocycles. The number of benzene rings is 2. The van der Waals surface area contributed by atoms with Crippen molar-refractivity contribution in [3.63, 3.8) is 0 Å². The summed E-state index contributed by atoms with van der Waals surface area (Å²) in [6, 6.07) is 12.6. The molecule has 3 aromatic rings. The number of ether oxygens (including phenoxy) is 1. The van der Waals surface area contributed by atoms with E-state index in [9.17, 15) is 13.2 Å². The van der Waals surface area contributed by atoms with Crippen LogP contribution in [0.1, 0.15) is 36.5 Å². The summed E-state index contributed by atoms with van der Waals surface area (Å²) in [6.07, 6.45) is 4.55. The summed E-state index contributed by atoms with van der Waals surface area (Å²) >= 11 is 1.48. The highest BCUT2D eigenvalue weighted by atomic mass is 32.2. The maximum absolute atomic E-state index is 12.9. The molecule has 4 rings (SSSR count). The second kappa shape index (κ2) is 10.1. The van der Waals surface area contributed by atoms with Gasteiger partial charge in [-0.2, -0.15) is 0 Å². The number of rotatable bonds is 8. The molecule has 2 heterocycles. The van der Waals surface area contributed by atoms with Crippen molar-refractivity contribution in [1.82, 2.24) is 9.88 Å². The third-order valence-corrected chi connectivity index (χ3v) is 7.94. The predicted octanol–water partition coefficient (Wildman–Crippen LogP) is 4.23. The zero-order chi connectivity index (χ0) is 23.4. The number of amides is 1. The summed E-state index contributed by atoms with van der Waals surface area (Å²) in [7, 11) is -3.34. The molecule has 1 fully saturated rings. The minimum Gasteiger partial charge on any atom is -0.494 e. The van der Waals surface area contributed by atoms with E-state index in [-0.39, 0.29) is 10.8 Å². The number of carbonyl (C=O) groups excluding carboxylic acids is 1. The number of aromatic nitrogens is 1. The van der Waals surface area contributed by atoms with E-state index < -0.39 is 9.84 Å². The SMILES string of the molecule is CCCCCOc1ccc(C(=O)N2CCN(c3nc4c(S(C)(=O)=O)cccc4s3)CC2)cc1. The van der Waals surface area contributed by atoms with Gasteiger partial charge in [-0.05, 0) is 42.8 Å². The lowest BCUT2D eigenvalue weighted by atomic mass is 10.1. The van der Waals surface area contributed by atoms with Gasteiger partial charge >= 0.3 is 0 Å². The molecule has 1 aliphatic heterocycles. The number of piperazine rings is 1. The second-order valence-electron chi connectivity index (χ2n) is 8.23. The molecule has 0 radical (unpaired) electrons. The zero-order valence-corrected chi connectivity index (χ0v) is 20.6. The van der Waals surface area contributed by atoms with Gasteiger partial charge in [0.05, 0.1) is 16.2 Å². The number of fused-ring (bicyclic) bond motifs is 1. The van der Waals surface area contributed by atoms with Gasteiger partial charge in [-0.25, -0.2) is 13.4 Å². The molecular formula is C24H29N3O4S2. The maximum atomic E-state index is 12.9. The van der Waals surface area contributed by atoms with Crippen LogP contribution in [0.5, 0.6) is 5.75 Å². The molecule has 1 amide bonds. The van der Waals surface area contributed by atoms with E-state index in [1.54, 1.807) is 12.1 Å². The number of carbonyl (C=O) groups is 1. The van der Waals surface area contributed by atoms with E-state index in [4.69, 9.17) is 4.74 Å². The maximum Gasteiger partial charge on any atom is 0.253 e. The van der Waals surface area contributed by atoms with Crippen LogP contribution in [0.15, 0.2) is 47.4 Å². The fourth-order valence-electron chi connectivity index (χ4n) is 3.87. The summed E-state index contributed by atoms with van der Waals surface area (Å²) in [5.74, 6) is 0.799. The summed E-state index contributed by atoms with van der Waals surface area (Å²) in [6.45, 7) is 5.33. The van der Waals surface area contributed by atoms with Crippen LogP contribution < -0.4 is 9.64 Å². The number of hydrogen-bond acceptors (Lipinski definition) is 7. The Kier molecular flexibility index (Phi) is 7.19. The fourth-order valence-corrected chi connectivity index (χ4v) is 5.81. The summed E-state index contributed by atoms with van der Waals surface area (Å²) in [4.78, 5) is 21.8. The van der Waals surface area contributed by atoms with E-state index in [0.29, 0.717) is 43.9 Å². The Morgan fingerprint density at radius 3 is 2.45 bits per heavy atom. The first-order valence-corrected chi connectivity index (χ1v) is 13.9. The third kappa shape index (κ3) is 5.47. The molecule has 2 aromatic carbocycles. The molecule has 0 aliphatic carbocycles. The van der Waals surface area contributed by atoms with Crippen molar-refractivity contribution in [1.29, 1.82) is 0 Å².